The summed E-state index contributed by atoms with van der Waals surface area (Å²) in [5, 5.41) is 0.807. The summed E-state index contributed by atoms with van der Waals surface area (Å²) in [4.78, 5) is 2.34. The van der Waals surface area contributed by atoms with Gasteiger partial charge in [0, 0.05) is 17.1 Å². The highest BCUT2D eigenvalue weighted by Gasteiger charge is 2.28. The summed E-state index contributed by atoms with van der Waals surface area (Å²) in [5.41, 5.74) is 7.36. The minimum absolute atomic E-state index is 0.300. The summed E-state index contributed by atoms with van der Waals surface area (Å²) < 4.78 is 0. The predicted molar refractivity (Wildman–Crippen MR) is 64.2 cm³/mol. The van der Waals surface area contributed by atoms with Gasteiger partial charge in [-0.15, -0.1) is 0 Å². The molecule has 2 N–H and O–H groups in total. The summed E-state index contributed by atoms with van der Waals surface area (Å²) >= 11 is 5.96. The van der Waals surface area contributed by atoms with Gasteiger partial charge in [-0.25, -0.2) is 0 Å². The van der Waals surface area contributed by atoms with Crippen molar-refractivity contribution in [1.29, 1.82) is 0 Å². The van der Waals surface area contributed by atoms with E-state index in [0.29, 0.717) is 12.1 Å². The average Bonchev–Trinajstić information content (AvgIpc) is 2.50. The van der Waals surface area contributed by atoms with E-state index in [1.165, 1.54) is 5.56 Å². The molecule has 0 saturated carbocycles. The lowest BCUT2D eigenvalue weighted by Crippen LogP contribution is -2.39. The fourth-order valence-corrected chi connectivity index (χ4v) is 2.46. The Morgan fingerprint density at radius 2 is 2.33 bits per heavy atom. The Balaban J connectivity index is 2.08. The van der Waals surface area contributed by atoms with Crippen LogP contribution in [0.4, 0.5) is 0 Å². The molecule has 0 aliphatic carbocycles. The minimum Gasteiger partial charge on any atom is -0.326 e. The van der Waals surface area contributed by atoms with E-state index in [-0.39, 0.29) is 0 Å². The zero-order valence-electron chi connectivity index (χ0n) is 8.99. The molecule has 1 aliphatic heterocycles. The van der Waals surface area contributed by atoms with Gasteiger partial charge in [-0.1, -0.05) is 23.7 Å². The predicted octanol–water partition coefficient (Wildman–Crippen LogP) is 1.91. The Morgan fingerprint density at radius 1 is 1.53 bits per heavy atom. The van der Waals surface area contributed by atoms with Gasteiger partial charge in [0.25, 0.3) is 0 Å². The molecular formula is C12H17ClN2. The monoisotopic (exact) mass is 224 g/mol. The van der Waals surface area contributed by atoms with Crippen LogP contribution in [0.5, 0.6) is 0 Å². The van der Waals surface area contributed by atoms with Crippen LogP contribution >= 0.6 is 11.6 Å². The van der Waals surface area contributed by atoms with E-state index >= 15 is 0 Å². The molecule has 1 aromatic rings. The van der Waals surface area contributed by atoms with Crippen LogP contribution in [0.25, 0.3) is 0 Å². The third-order valence-corrected chi connectivity index (χ3v) is 3.44. The van der Waals surface area contributed by atoms with Gasteiger partial charge in [-0.3, -0.25) is 0 Å². The molecule has 0 aromatic heterocycles. The number of benzene rings is 1. The van der Waals surface area contributed by atoms with E-state index < -0.39 is 0 Å². The number of hydrogen-bond acceptors (Lipinski definition) is 2. The molecule has 1 heterocycles. The molecule has 15 heavy (non-hydrogen) atoms. The Labute approximate surface area is 96.0 Å². The van der Waals surface area contributed by atoms with Gasteiger partial charge < -0.3 is 10.6 Å². The molecule has 3 heteroatoms. The van der Waals surface area contributed by atoms with E-state index in [4.69, 9.17) is 17.3 Å². The quantitative estimate of drug-likeness (QED) is 0.832. The maximum Gasteiger partial charge on any atom is 0.0408 e. The second kappa shape index (κ2) is 4.52. The first-order valence-electron chi connectivity index (χ1n) is 5.37. The molecule has 0 unspecified atom stereocenters. The lowest BCUT2D eigenvalue weighted by Gasteiger charge is -2.22. The Morgan fingerprint density at radius 3 is 2.93 bits per heavy atom. The molecule has 1 aliphatic rings. The van der Waals surface area contributed by atoms with Crippen LogP contribution in [0.3, 0.4) is 0 Å². The Kier molecular flexibility index (Phi) is 3.29. The number of likely N-dealkylation sites (N-methyl/N-ethyl adjacent to an activating group) is 1. The fourth-order valence-electron chi connectivity index (χ4n) is 2.25. The van der Waals surface area contributed by atoms with Crippen molar-refractivity contribution in [1.82, 2.24) is 4.90 Å². The summed E-state index contributed by atoms with van der Waals surface area (Å²) in [5.74, 6) is 0. The normalized spacial score (nSPS) is 27.1. The van der Waals surface area contributed by atoms with Crippen LogP contribution < -0.4 is 5.73 Å². The summed E-state index contributed by atoms with van der Waals surface area (Å²) in [6, 6.07) is 8.81. The van der Waals surface area contributed by atoms with Crippen molar-refractivity contribution in [2.75, 3.05) is 13.6 Å². The van der Waals surface area contributed by atoms with Crippen molar-refractivity contribution >= 4 is 11.6 Å². The largest absolute Gasteiger partial charge is 0.326 e. The van der Waals surface area contributed by atoms with Gasteiger partial charge in [0.1, 0.15) is 0 Å². The zero-order chi connectivity index (χ0) is 10.8. The molecule has 2 atom stereocenters. The third-order valence-electron chi connectivity index (χ3n) is 3.21. The second-order valence-electron chi connectivity index (χ2n) is 4.33. The highest BCUT2D eigenvalue weighted by molar-refractivity contribution is 6.30. The molecule has 2 rings (SSSR count). The fraction of sp³-hybridized carbons (Fsp3) is 0.500. The first-order valence-corrected chi connectivity index (χ1v) is 5.75. The average molecular weight is 225 g/mol. The highest BCUT2D eigenvalue weighted by atomic mass is 35.5. The summed E-state index contributed by atoms with van der Waals surface area (Å²) in [6.07, 6.45) is 2.10. The summed E-state index contributed by atoms with van der Waals surface area (Å²) in [7, 11) is 2.14. The van der Waals surface area contributed by atoms with Crippen LogP contribution in [-0.4, -0.2) is 30.6 Å². The minimum atomic E-state index is 0.300. The van der Waals surface area contributed by atoms with Gasteiger partial charge in [0.15, 0.2) is 0 Å². The van der Waals surface area contributed by atoms with E-state index in [0.717, 1.165) is 24.4 Å². The molecule has 0 bridgehead atoms. The Bertz CT molecular complexity index is 330. The van der Waals surface area contributed by atoms with E-state index in [2.05, 4.69) is 18.0 Å². The van der Waals surface area contributed by atoms with E-state index in [1.807, 2.05) is 18.2 Å². The SMILES string of the molecule is CN1CC[C@@H](N)[C@@H]1Cc1cccc(Cl)c1. The van der Waals surface area contributed by atoms with Crippen LogP contribution in [0.15, 0.2) is 24.3 Å². The maximum atomic E-state index is 6.08. The molecule has 1 aromatic carbocycles. The molecule has 2 nitrogen and oxygen atoms in total. The molecule has 0 radical (unpaired) electrons. The molecule has 1 saturated heterocycles. The smallest absolute Gasteiger partial charge is 0.0408 e. The first kappa shape index (κ1) is 10.9. The number of nitrogens with two attached hydrogens (primary N) is 1. The topological polar surface area (TPSA) is 29.3 Å². The number of halogens is 1. The third kappa shape index (κ3) is 2.51. The van der Waals surface area contributed by atoms with Crippen molar-refractivity contribution in [2.24, 2.45) is 5.73 Å². The molecule has 82 valence electrons. The molecule has 0 spiro atoms. The standard InChI is InChI=1S/C12H17ClN2/c1-15-6-5-11(14)12(15)8-9-3-2-4-10(13)7-9/h2-4,7,11-12H,5-6,8,14H2,1H3/t11-,12+/m1/s1. The number of rotatable bonds is 2. The number of nitrogens with zero attached hydrogens (tertiary/aromatic N) is 1. The van der Waals surface area contributed by atoms with Gasteiger partial charge in [-0.05, 0) is 44.1 Å². The molecule has 0 amide bonds. The second-order valence-corrected chi connectivity index (χ2v) is 4.77. The van der Waals surface area contributed by atoms with Gasteiger partial charge >= 0.3 is 0 Å². The lowest BCUT2D eigenvalue weighted by atomic mass is 10.0. The molecule has 1 fully saturated rings. The number of likely N-dealkylation sites (tertiary alicyclic amines) is 1. The van der Waals surface area contributed by atoms with Crippen LogP contribution in [-0.2, 0) is 6.42 Å². The van der Waals surface area contributed by atoms with E-state index in [1.54, 1.807) is 0 Å². The van der Waals surface area contributed by atoms with Crippen molar-refractivity contribution in [3.8, 4) is 0 Å². The lowest BCUT2D eigenvalue weighted by molar-refractivity contribution is 0.296. The Hall–Kier alpha value is -0.570. The number of hydrogen-bond donors (Lipinski definition) is 1. The van der Waals surface area contributed by atoms with Gasteiger partial charge in [-0.2, -0.15) is 0 Å². The van der Waals surface area contributed by atoms with Crippen LogP contribution in [0.2, 0.25) is 5.02 Å². The van der Waals surface area contributed by atoms with Gasteiger partial charge in [0.05, 0.1) is 0 Å². The van der Waals surface area contributed by atoms with Crippen molar-refractivity contribution < 1.29 is 0 Å². The van der Waals surface area contributed by atoms with Crippen molar-refractivity contribution in [3.05, 3.63) is 34.9 Å². The van der Waals surface area contributed by atoms with Crippen LogP contribution in [0.1, 0.15) is 12.0 Å². The van der Waals surface area contributed by atoms with E-state index in [9.17, 15) is 0 Å². The van der Waals surface area contributed by atoms with Gasteiger partial charge in [0.2, 0.25) is 0 Å². The van der Waals surface area contributed by atoms with Crippen molar-refractivity contribution in [3.63, 3.8) is 0 Å². The first-order chi connectivity index (χ1) is 7.16. The van der Waals surface area contributed by atoms with Crippen molar-refractivity contribution in [2.45, 2.75) is 24.9 Å². The zero-order valence-corrected chi connectivity index (χ0v) is 9.74. The highest BCUT2D eigenvalue weighted by Crippen LogP contribution is 2.20. The molecular weight excluding hydrogens is 208 g/mol. The maximum absolute atomic E-state index is 6.08. The van der Waals surface area contributed by atoms with Crippen LogP contribution in [0, 0.1) is 0 Å². The summed E-state index contributed by atoms with van der Waals surface area (Å²) in [6.45, 7) is 1.10.